The average Bonchev–Trinajstić information content (AvgIpc) is 2.90. The number of halogens is 1. The van der Waals surface area contributed by atoms with Crippen LogP contribution >= 0.6 is 38.6 Å². The maximum Gasteiger partial charge on any atom is 0.240 e. The number of thiophene rings is 1. The first-order valence-corrected chi connectivity index (χ1v) is 7.66. The van der Waals surface area contributed by atoms with E-state index in [2.05, 4.69) is 42.9 Å². The Morgan fingerprint density at radius 3 is 3.00 bits per heavy atom. The summed E-state index contributed by atoms with van der Waals surface area (Å²) in [6.07, 6.45) is 0. The number of amides is 1. The fraction of sp³-hybridized carbons (Fsp3) is 0.300. The van der Waals surface area contributed by atoms with Gasteiger partial charge in [0.15, 0.2) is 0 Å². The predicted molar refractivity (Wildman–Crippen MR) is 76.9 cm³/mol. The van der Waals surface area contributed by atoms with Gasteiger partial charge in [-0.05, 0) is 40.0 Å². The third-order valence-electron chi connectivity index (χ3n) is 2.09. The number of nitrogens with one attached hydrogen (secondary N) is 1. The van der Waals surface area contributed by atoms with Crippen molar-refractivity contribution in [1.29, 1.82) is 0 Å². The zero-order valence-corrected chi connectivity index (χ0v) is 12.8. The summed E-state index contributed by atoms with van der Waals surface area (Å²) < 4.78 is 1.10. The number of nitrogens with zero attached hydrogens (tertiary/aromatic N) is 3. The van der Waals surface area contributed by atoms with Crippen molar-refractivity contribution < 1.29 is 4.79 Å². The SMILES string of the molecule is CN(CC(=O)Nc1nncs1)Cc1csc(Br)c1. The van der Waals surface area contributed by atoms with Crippen LogP contribution < -0.4 is 5.32 Å². The Hall–Kier alpha value is -0.830. The second-order valence-corrected chi connectivity index (χ2v) is 6.85. The van der Waals surface area contributed by atoms with E-state index in [4.69, 9.17) is 0 Å². The van der Waals surface area contributed by atoms with Crippen LogP contribution in [0.5, 0.6) is 0 Å². The lowest BCUT2D eigenvalue weighted by Crippen LogP contribution is -2.29. The Balaban J connectivity index is 1.80. The second-order valence-electron chi connectivity index (χ2n) is 3.72. The molecule has 1 N–H and O–H groups in total. The zero-order chi connectivity index (χ0) is 13.0. The van der Waals surface area contributed by atoms with Crippen LogP contribution in [0.2, 0.25) is 0 Å². The Morgan fingerprint density at radius 1 is 1.56 bits per heavy atom. The third kappa shape index (κ3) is 4.13. The van der Waals surface area contributed by atoms with E-state index in [9.17, 15) is 4.79 Å². The monoisotopic (exact) mass is 346 g/mol. The van der Waals surface area contributed by atoms with Crippen LogP contribution in [-0.4, -0.2) is 34.6 Å². The van der Waals surface area contributed by atoms with E-state index in [-0.39, 0.29) is 5.91 Å². The highest BCUT2D eigenvalue weighted by Gasteiger charge is 2.09. The molecule has 2 aromatic heterocycles. The van der Waals surface area contributed by atoms with Gasteiger partial charge in [0.25, 0.3) is 0 Å². The molecule has 0 radical (unpaired) electrons. The molecule has 0 fully saturated rings. The van der Waals surface area contributed by atoms with E-state index < -0.39 is 0 Å². The minimum Gasteiger partial charge on any atom is -0.299 e. The van der Waals surface area contributed by atoms with E-state index in [1.807, 2.05) is 11.9 Å². The Labute approximate surface area is 121 Å². The Kier molecular flexibility index (Phi) is 4.81. The van der Waals surface area contributed by atoms with Crippen LogP contribution in [0.4, 0.5) is 5.13 Å². The highest BCUT2D eigenvalue weighted by molar-refractivity contribution is 9.11. The molecular formula is C10H11BrN4OS2. The molecule has 2 heterocycles. The molecule has 0 aliphatic heterocycles. The van der Waals surface area contributed by atoms with Gasteiger partial charge in [-0.15, -0.1) is 21.5 Å². The molecule has 2 aromatic rings. The molecule has 96 valence electrons. The predicted octanol–water partition coefficient (Wildman–Crippen LogP) is 2.43. The summed E-state index contributed by atoms with van der Waals surface area (Å²) >= 11 is 6.37. The van der Waals surface area contributed by atoms with Crippen LogP contribution in [-0.2, 0) is 11.3 Å². The maximum atomic E-state index is 11.7. The molecule has 18 heavy (non-hydrogen) atoms. The summed E-state index contributed by atoms with van der Waals surface area (Å²) in [5.41, 5.74) is 2.78. The minimum absolute atomic E-state index is 0.0801. The molecule has 0 aromatic carbocycles. The van der Waals surface area contributed by atoms with E-state index >= 15 is 0 Å². The molecule has 0 unspecified atom stereocenters. The molecule has 0 spiro atoms. The van der Waals surface area contributed by atoms with Gasteiger partial charge in [-0.2, -0.15) is 0 Å². The van der Waals surface area contributed by atoms with Gasteiger partial charge in [0.05, 0.1) is 10.3 Å². The van der Waals surface area contributed by atoms with Gasteiger partial charge in [0, 0.05) is 6.54 Å². The number of hydrogen-bond acceptors (Lipinski definition) is 6. The van der Waals surface area contributed by atoms with Gasteiger partial charge >= 0.3 is 0 Å². The Bertz CT molecular complexity index is 514. The van der Waals surface area contributed by atoms with Crippen LogP contribution in [0.3, 0.4) is 0 Å². The standard InChI is InChI=1S/C10H11BrN4OS2/c1-15(3-7-2-8(11)17-5-7)4-9(16)13-10-14-12-6-18-10/h2,5-6H,3-4H2,1H3,(H,13,14,16). The molecule has 0 aliphatic carbocycles. The first kappa shape index (κ1) is 13.6. The summed E-state index contributed by atoms with van der Waals surface area (Å²) in [4.78, 5) is 13.6. The Morgan fingerprint density at radius 2 is 2.39 bits per heavy atom. The van der Waals surface area contributed by atoms with Gasteiger partial charge in [-0.3, -0.25) is 15.0 Å². The van der Waals surface area contributed by atoms with Gasteiger partial charge in [-0.1, -0.05) is 11.3 Å². The van der Waals surface area contributed by atoms with E-state index in [1.54, 1.807) is 16.8 Å². The highest BCUT2D eigenvalue weighted by Crippen LogP contribution is 2.21. The summed E-state index contributed by atoms with van der Waals surface area (Å²) in [5, 5.41) is 12.7. The highest BCUT2D eigenvalue weighted by atomic mass is 79.9. The lowest BCUT2D eigenvalue weighted by atomic mass is 10.3. The molecule has 0 bridgehead atoms. The fourth-order valence-corrected chi connectivity index (χ4v) is 3.09. The van der Waals surface area contributed by atoms with Crippen molar-refractivity contribution in [3.63, 3.8) is 0 Å². The molecule has 0 atom stereocenters. The normalized spacial score (nSPS) is 10.8. The topological polar surface area (TPSA) is 58.1 Å². The molecule has 5 nitrogen and oxygen atoms in total. The van der Waals surface area contributed by atoms with Crippen molar-refractivity contribution in [2.75, 3.05) is 18.9 Å². The maximum absolute atomic E-state index is 11.7. The molecule has 0 saturated heterocycles. The van der Waals surface area contributed by atoms with E-state index in [1.165, 1.54) is 16.9 Å². The zero-order valence-electron chi connectivity index (χ0n) is 9.59. The second kappa shape index (κ2) is 6.37. The number of carbonyl (C=O) groups excluding carboxylic acids is 1. The van der Waals surface area contributed by atoms with Gasteiger partial charge in [0.2, 0.25) is 11.0 Å². The number of anilines is 1. The number of rotatable bonds is 5. The number of carbonyl (C=O) groups is 1. The third-order valence-corrected chi connectivity index (χ3v) is 4.25. The molecule has 2 rings (SSSR count). The first-order valence-electron chi connectivity index (χ1n) is 5.11. The first-order chi connectivity index (χ1) is 8.63. The average molecular weight is 347 g/mol. The van der Waals surface area contributed by atoms with Crippen molar-refractivity contribution in [2.24, 2.45) is 0 Å². The van der Waals surface area contributed by atoms with Crippen molar-refractivity contribution in [2.45, 2.75) is 6.54 Å². The summed E-state index contributed by atoms with van der Waals surface area (Å²) in [7, 11) is 1.91. The number of hydrogen-bond donors (Lipinski definition) is 1. The van der Waals surface area contributed by atoms with Gasteiger partial charge in [-0.25, -0.2) is 0 Å². The lowest BCUT2D eigenvalue weighted by molar-refractivity contribution is -0.117. The molecule has 1 amide bonds. The molecular weight excluding hydrogens is 336 g/mol. The van der Waals surface area contributed by atoms with Gasteiger partial charge in [0.1, 0.15) is 5.51 Å². The van der Waals surface area contributed by atoms with Crippen molar-refractivity contribution >= 4 is 49.6 Å². The van der Waals surface area contributed by atoms with E-state index in [0.717, 1.165) is 10.3 Å². The lowest BCUT2D eigenvalue weighted by Gasteiger charge is -2.14. The largest absolute Gasteiger partial charge is 0.299 e. The number of likely N-dealkylation sites (N-methyl/N-ethyl adjacent to an activating group) is 1. The van der Waals surface area contributed by atoms with E-state index in [0.29, 0.717) is 11.7 Å². The van der Waals surface area contributed by atoms with Gasteiger partial charge < -0.3 is 0 Å². The van der Waals surface area contributed by atoms with Crippen LogP contribution in [0.15, 0.2) is 20.7 Å². The van der Waals surface area contributed by atoms with Crippen molar-refractivity contribution in [3.05, 3.63) is 26.3 Å². The van der Waals surface area contributed by atoms with Crippen molar-refractivity contribution in [3.8, 4) is 0 Å². The molecule has 0 saturated carbocycles. The number of aromatic nitrogens is 2. The van der Waals surface area contributed by atoms with Crippen molar-refractivity contribution in [1.82, 2.24) is 15.1 Å². The van der Waals surface area contributed by atoms with Crippen LogP contribution in [0.1, 0.15) is 5.56 Å². The summed E-state index contributed by atoms with van der Waals surface area (Å²) in [5.74, 6) is -0.0801. The minimum atomic E-state index is -0.0801. The smallest absolute Gasteiger partial charge is 0.240 e. The molecule has 8 heteroatoms. The quantitative estimate of drug-likeness (QED) is 0.903. The van der Waals surface area contributed by atoms with Crippen LogP contribution in [0, 0.1) is 0 Å². The summed E-state index contributed by atoms with van der Waals surface area (Å²) in [6, 6.07) is 2.06. The van der Waals surface area contributed by atoms with Crippen LogP contribution in [0.25, 0.3) is 0 Å². The summed E-state index contributed by atoms with van der Waals surface area (Å²) in [6.45, 7) is 1.07. The fourth-order valence-electron chi connectivity index (χ4n) is 1.43. The molecule has 0 aliphatic rings.